The van der Waals surface area contributed by atoms with Crippen LogP contribution in [0.5, 0.6) is 0 Å². The molecule has 6 saturated carbocycles. The van der Waals surface area contributed by atoms with Crippen molar-refractivity contribution in [3.63, 3.8) is 0 Å². The molecule has 10 aromatic rings. The zero-order valence-electron chi connectivity index (χ0n) is 40.2. The number of hydrogen-bond acceptors (Lipinski definition) is 1. The van der Waals surface area contributed by atoms with Crippen LogP contribution in [-0.2, 0) is 10.8 Å². The minimum atomic E-state index is 0.126. The van der Waals surface area contributed by atoms with Crippen molar-refractivity contribution in [3.8, 4) is 11.1 Å². The third-order valence-corrected chi connectivity index (χ3v) is 21.9. The minimum Gasteiger partial charge on any atom is -0.308 e. The van der Waals surface area contributed by atoms with Gasteiger partial charge >= 0.3 is 0 Å². The Morgan fingerprint density at radius 2 is 1.04 bits per heavy atom. The van der Waals surface area contributed by atoms with Gasteiger partial charge in [0.15, 0.2) is 5.78 Å². The van der Waals surface area contributed by atoms with Crippen LogP contribution in [0.25, 0.3) is 87.3 Å². The molecule has 4 aromatic heterocycles. The first kappa shape index (κ1) is 38.4. The van der Waals surface area contributed by atoms with Crippen LogP contribution in [0.1, 0.15) is 179 Å². The molecule has 0 saturated heterocycles. The monoisotopic (exact) mass is 886 g/mol. The zero-order chi connectivity index (χ0) is 44.7. The predicted octanol–water partition coefficient (Wildman–Crippen LogP) is 17.4. The van der Waals surface area contributed by atoms with Crippen LogP contribution in [0.4, 0.5) is 0 Å². The fourth-order valence-corrected chi connectivity index (χ4v) is 18.9. The third kappa shape index (κ3) is 4.54. The average molecular weight is 887 g/mol. The number of carbonyl (C=O) groups excluding carboxylic acids is 1. The fourth-order valence-electron chi connectivity index (χ4n) is 18.9. The summed E-state index contributed by atoms with van der Waals surface area (Å²) in [7, 11) is 0. The highest BCUT2D eigenvalue weighted by molar-refractivity contribution is 6.30. The van der Waals surface area contributed by atoms with Gasteiger partial charge in [0, 0.05) is 54.6 Å². The lowest BCUT2D eigenvalue weighted by molar-refractivity contribution is -0.00508. The second-order valence-corrected chi connectivity index (χ2v) is 24.5. The molecule has 3 nitrogen and oxygen atoms in total. The molecular formula is C65H62N2O. The lowest BCUT2D eigenvalue weighted by atomic mass is 9.48. The SMILES string of the molecule is CCC(CC)(CC)c1cc2c3cc4c(cc3n3c5cc(-c6ccccc6)c6c(c5c(c1)c23)C1CCC6C1)c1cc(C23CC5CC(CC(C5)C2)C3)cc2c3cc5c(cc3n4c21)C(=O)C1CCC5CC1. The molecule has 6 aromatic carbocycles. The van der Waals surface area contributed by atoms with Crippen LogP contribution in [0, 0.1) is 23.7 Å². The van der Waals surface area contributed by atoms with E-state index >= 15 is 0 Å². The fraction of sp³-hybridized carbons (Fsp3) is 0.431. The predicted molar refractivity (Wildman–Crippen MR) is 282 cm³/mol. The Morgan fingerprint density at radius 1 is 0.515 bits per heavy atom. The van der Waals surface area contributed by atoms with E-state index in [0.29, 0.717) is 23.5 Å². The Kier molecular flexibility index (Phi) is 7.27. The summed E-state index contributed by atoms with van der Waals surface area (Å²) in [5.74, 6) is 5.04. The molecule has 3 heteroatoms. The van der Waals surface area contributed by atoms with Crippen molar-refractivity contribution in [2.45, 2.75) is 152 Å². The van der Waals surface area contributed by atoms with Crippen molar-refractivity contribution in [2.24, 2.45) is 23.7 Å². The van der Waals surface area contributed by atoms with Crippen LogP contribution in [-0.4, -0.2) is 14.6 Å². The van der Waals surface area contributed by atoms with Gasteiger partial charge in [0.2, 0.25) is 0 Å². The largest absolute Gasteiger partial charge is 0.308 e. The molecule has 2 atom stereocenters. The van der Waals surface area contributed by atoms with Crippen molar-refractivity contribution in [1.29, 1.82) is 0 Å². The van der Waals surface area contributed by atoms with E-state index in [2.05, 4.69) is 115 Å². The molecule has 68 heavy (non-hydrogen) atoms. The summed E-state index contributed by atoms with van der Waals surface area (Å²) in [5.41, 5.74) is 20.2. The lowest BCUT2D eigenvalue weighted by Gasteiger charge is -2.57. The Labute approximate surface area is 398 Å². The molecule has 0 spiro atoms. The summed E-state index contributed by atoms with van der Waals surface area (Å²) in [4.78, 5) is 14.5. The Balaban J connectivity index is 1.04. The van der Waals surface area contributed by atoms with Crippen molar-refractivity contribution in [2.75, 3.05) is 0 Å². The topological polar surface area (TPSA) is 25.9 Å². The van der Waals surface area contributed by atoms with E-state index < -0.39 is 0 Å². The van der Waals surface area contributed by atoms with Crippen LogP contribution in [0.3, 0.4) is 0 Å². The standard InChI is InChI=1S/C65H62N2O/c1-4-64(5-2,6-3)42-22-51-48-28-54-47(29-55(48)67-57-27-45(37-10-8-7-9-11-37)58-40-16-17-41(21-40)59(58)60(57)53(25-42)62(51)67)50-24-43(65-31-34-18-35(32-65)20-36(19-34)33-65)23-49-46-26-44-38-12-14-39(15-13-38)63(68)52(44)30-56(46)66(54)61(49)50/h7-11,22-30,34-36,38-41H,4-6,12-21,31-33H2,1-3H3. The molecule has 8 bridgehead atoms. The Bertz CT molecular complexity index is 3820. The average Bonchev–Trinajstić information content (AvgIpc) is 4.22. The number of ketones is 1. The van der Waals surface area contributed by atoms with Gasteiger partial charge in [-0.15, -0.1) is 0 Å². The van der Waals surface area contributed by atoms with Crippen LogP contribution < -0.4 is 0 Å². The number of benzene rings is 6. The number of rotatable bonds is 6. The normalized spacial score (nSPS) is 28.5. The van der Waals surface area contributed by atoms with Crippen LogP contribution >= 0.6 is 0 Å². The maximum atomic E-state index is 14.5. The molecule has 19 rings (SSSR count). The molecule has 2 unspecified atom stereocenters. The summed E-state index contributed by atoms with van der Waals surface area (Å²) < 4.78 is 5.40. The third-order valence-electron chi connectivity index (χ3n) is 21.9. The number of Topliss-reactive ketones (excluding diaryl/α,β-unsaturated/α-hetero) is 1. The first-order valence-corrected chi connectivity index (χ1v) is 27.5. The van der Waals surface area contributed by atoms with E-state index in [1.807, 2.05) is 0 Å². The molecule has 0 N–H and O–H groups in total. The maximum Gasteiger partial charge on any atom is 0.166 e. The molecule has 9 aliphatic rings. The number of nitrogens with zero attached hydrogens (tertiary/aromatic N) is 2. The van der Waals surface area contributed by atoms with Crippen molar-refractivity contribution in [3.05, 3.63) is 118 Å². The summed E-state index contributed by atoms with van der Waals surface area (Å²) in [5, 5.41) is 11.5. The molecule has 0 radical (unpaired) electrons. The van der Waals surface area contributed by atoms with Crippen molar-refractivity contribution >= 4 is 82.0 Å². The van der Waals surface area contributed by atoms with E-state index in [1.54, 1.807) is 22.1 Å². The van der Waals surface area contributed by atoms with E-state index in [4.69, 9.17) is 0 Å². The number of hydrogen-bond donors (Lipinski definition) is 0. The number of aromatic nitrogens is 2. The van der Waals surface area contributed by atoms with Crippen LogP contribution in [0.15, 0.2) is 84.9 Å². The highest BCUT2D eigenvalue weighted by Gasteiger charge is 2.52. The quantitative estimate of drug-likeness (QED) is 0.163. The molecule has 9 aliphatic carbocycles. The van der Waals surface area contributed by atoms with E-state index in [1.165, 1.54) is 151 Å². The minimum absolute atomic E-state index is 0.126. The molecule has 338 valence electrons. The lowest BCUT2D eigenvalue weighted by Crippen LogP contribution is -2.48. The second-order valence-electron chi connectivity index (χ2n) is 24.5. The van der Waals surface area contributed by atoms with Gasteiger partial charge < -0.3 is 8.80 Å². The summed E-state index contributed by atoms with van der Waals surface area (Å²) >= 11 is 0. The molecule has 6 fully saturated rings. The Morgan fingerprint density at radius 3 is 1.71 bits per heavy atom. The smallest absolute Gasteiger partial charge is 0.166 e. The van der Waals surface area contributed by atoms with Gasteiger partial charge in [0.05, 0.1) is 33.1 Å². The van der Waals surface area contributed by atoms with Gasteiger partial charge in [-0.3, -0.25) is 4.79 Å². The first-order chi connectivity index (χ1) is 33.3. The van der Waals surface area contributed by atoms with Crippen molar-refractivity contribution in [1.82, 2.24) is 8.80 Å². The molecule has 0 amide bonds. The maximum absolute atomic E-state index is 14.5. The van der Waals surface area contributed by atoms with Gasteiger partial charge in [-0.05, 0) is 243 Å². The highest BCUT2D eigenvalue weighted by Crippen LogP contribution is 2.63. The van der Waals surface area contributed by atoms with Crippen molar-refractivity contribution < 1.29 is 4.79 Å². The summed E-state index contributed by atoms with van der Waals surface area (Å²) in [6.07, 6.45) is 20.2. The van der Waals surface area contributed by atoms with Gasteiger partial charge in [-0.1, -0.05) is 51.1 Å². The molecule has 0 aliphatic heterocycles. The number of fused-ring (bicyclic) bond motifs is 20. The van der Waals surface area contributed by atoms with Gasteiger partial charge in [0.1, 0.15) is 0 Å². The van der Waals surface area contributed by atoms with E-state index in [0.717, 1.165) is 68.3 Å². The van der Waals surface area contributed by atoms with E-state index in [-0.39, 0.29) is 16.7 Å². The summed E-state index contributed by atoms with van der Waals surface area (Å²) in [6.45, 7) is 7.28. The van der Waals surface area contributed by atoms with Gasteiger partial charge in [0.25, 0.3) is 0 Å². The highest BCUT2D eigenvalue weighted by atomic mass is 16.1. The van der Waals surface area contributed by atoms with Crippen LogP contribution in [0.2, 0.25) is 0 Å². The first-order valence-electron chi connectivity index (χ1n) is 27.5. The second kappa shape index (κ2) is 12.9. The summed E-state index contributed by atoms with van der Waals surface area (Å²) in [6, 6.07) is 35.0. The van der Waals surface area contributed by atoms with E-state index in [9.17, 15) is 4.79 Å². The number of carbonyl (C=O) groups is 1. The van der Waals surface area contributed by atoms with Gasteiger partial charge in [-0.2, -0.15) is 0 Å². The van der Waals surface area contributed by atoms with Gasteiger partial charge in [-0.25, -0.2) is 0 Å². The Hall–Kier alpha value is -5.41. The molecule has 4 heterocycles. The zero-order valence-corrected chi connectivity index (χ0v) is 40.2. The molecular weight excluding hydrogens is 825 g/mol.